The summed E-state index contributed by atoms with van der Waals surface area (Å²) >= 11 is 12.5. The molecule has 332 valence electrons. The first-order chi connectivity index (χ1) is 28.6. The van der Waals surface area contributed by atoms with E-state index in [9.17, 15) is 65.3 Å². The summed E-state index contributed by atoms with van der Waals surface area (Å²) in [7, 11) is 0. The molecule has 2 aromatic carbocycles. The van der Waals surface area contributed by atoms with Crippen molar-refractivity contribution in [1.82, 2.24) is 20.4 Å². The standard InChI is InChI=1S/C41H44Cl2F6N4O8/c1-19(29-31(37(58)59)53(35(29)55)39(61)50-32(40(44,45)46)22-5-3-2-4-6-22)26-16-13-24(18-28(26)43)21-9-11-23(12-10-21)33(41(47,48)49)51-38(60)52-30(36(56)57)27(34(52)54)17-20-7-14-25(42)15-8-20/h7-8,13-16,18-19,21-23,27,29-33H,2-6,9-12,17H2,1H3,(H,50,61)(H,51,60)(H,56,57)(H,58,59). The number of rotatable bonds is 11. The number of carbonyl (C=O) groups excluding carboxylic acids is 4. The summed E-state index contributed by atoms with van der Waals surface area (Å²) in [4.78, 5) is 77.5. The lowest BCUT2D eigenvalue weighted by atomic mass is 9.73. The average molecular weight is 906 g/mol. The summed E-state index contributed by atoms with van der Waals surface area (Å²) in [5, 5.41) is 24.1. The molecule has 12 nitrogen and oxygen atoms in total. The third-order valence-electron chi connectivity index (χ3n) is 12.8. The second kappa shape index (κ2) is 18.0. The number of carboxylic acids is 2. The molecule has 0 radical (unpaired) electrons. The normalized spacial score (nSPS) is 26.4. The van der Waals surface area contributed by atoms with Crippen LogP contribution in [0.25, 0.3) is 0 Å². The van der Waals surface area contributed by atoms with Gasteiger partial charge in [-0.05, 0) is 104 Å². The molecule has 2 aliphatic heterocycles. The number of β-lactam (4-membered cyclic amide) rings is 2. The van der Waals surface area contributed by atoms with E-state index in [0.29, 0.717) is 44.4 Å². The predicted molar refractivity (Wildman–Crippen MR) is 207 cm³/mol. The second-order valence-electron chi connectivity index (χ2n) is 16.5. The number of imide groups is 2. The van der Waals surface area contributed by atoms with Crippen LogP contribution in [0, 0.1) is 23.7 Å². The van der Waals surface area contributed by atoms with Crippen molar-refractivity contribution >= 4 is 59.0 Å². The number of amides is 6. The van der Waals surface area contributed by atoms with E-state index >= 15 is 0 Å². The average Bonchev–Trinajstić information content (AvgIpc) is 3.18. The number of carbonyl (C=O) groups is 6. The molecule has 2 saturated carbocycles. The van der Waals surface area contributed by atoms with E-state index in [1.54, 1.807) is 24.3 Å². The Morgan fingerprint density at radius 1 is 0.721 bits per heavy atom. The summed E-state index contributed by atoms with van der Waals surface area (Å²) < 4.78 is 85.4. The zero-order chi connectivity index (χ0) is 44.7. The van der Waals surface area contributed by atoms with E-state index in [-0.39, 0.29) is 55.9 Å². The smallest absolute Gasteiger partial charge is 0.408 e. The highest BCUT2D eigenvalue weighted by atomic mass is 35.5. The molecule has 2 aromatic rings. The number of hydrogen-bond acceptors (Lipinski definition) is 6. The van der Waals surface area contributed by atoms with Crippen LogP contribution < -0.4 is 10.6 Å². The van der Waals surface area contributed by atoms with Crippen LogP contribution in [0.4, 0.5) is 35.9 Å². The van der Waals surface area contributed by atoms with E-state index in [0.717, 1.165) is 6.42 Å². The number of urea groups is 2. The van der Waals surface area contributed by atoms with Gasteiger partial charge in [0.05, 0.1) is 11.8 Å². The molecule has 61 heavy (non-hydrogen) atoms. The van der Waals surface area contributed by atoms with Gasteiger partial charge in [-0.3, -0.25) is 9.59 Å². The Balaban J connectivity index is 1.08. The number of halogens is 8. The fourth-order valence-electron chi connectivity index (χ4n) is 9.57. The molecule has 6 rings (SSSR count). The number of alkyl halides is 6. The highest BCUT2D eigenvalue weighted by Crippen LogP contribution is 2.45. The minimum atomic E-state index is -4.94. The Hall–Kier alpha value is -4.58. The maximum Gasteiger partial charge on any atom is 0.408 e. The maximum atomic E-state index is 14.5. The van der Waals surface area contributed by atoms with E-state index < -0.39 is 102 Å². The third kappa shape index (κ3) is 9.59. The zero-order valence-electron chi connectivity index (χ0n) is 32.6. The van der Waals surface area contributed by atoms with Crippen molar-refractivity contribution in [2.45, 2.75) is 119 Å². The highest BCUT2D eigenvalue weighted by Gasteiger charge is 2.59. The van der Waals surface area contributed by atoms with Crippen LogP contribution in [-0.2, 0) is 25.6 Å². The number of benzene rings is 2. The quantitative estimate of drug-likeness (QED) is 0.129. The van der Waals surface area contributed by atoms with Crippen LogP contribution in [0.15, 0.2) is 42.5 Å². The van der Waals surface area contributed by atoms with Gasteiger partial charge < -0.3 is 20.8 Å². The molecular weight excluding hydrogens is 861 g/mol. The van der Waals surface area contributed by atoms with Crippen LogP contribution >= 0.6 is 23.2 Å². The Kier molecular flexibility index (Phi) is 13.6. The highest BCUT2D eigenvalue weighted by molar-refractivity contribution is 6.31. The van der Waals surface area contributed by atoms with E-state index in [1.165, 1.54) is 25.1 Å². The number of carboxylic acid groups (broad SMARTS) is 2. The lowest BCUT2D eigenvalue weighted by molar-refractivity contribution is -0.173. The first-order valence-electron chi connectivity index (χ1n) is 20.0. The minimum absolute atomic E-state index is 0.0227. The molecule has 2 aliphatic carbocycles. The van der Waals surface area contributed by atoms with E-state index in [4.69, 9.17) is 23.2 Å². The Labute approximate surface area is 356 Å². The molecule has 0 spiro atoms. The van der Waals surface area contributed by atoms with Crippen LogP contribution in [0.3, 0.4) is 0 Å². The molecular formula is C41H44Cl2F6N4O8. The van der Waals surface area contributed by atoms with Gasteiger partial charge in [0, 0.05) is 10.0 Å². The summed E-state index contributed by atoms with van der Waals surface area (Å²) in [5.74, 6) is -10.8. The fraction of sp³-hybridized carbons (Fsp3) is 0.561. The van der Waals surface area contributed by atoms with Crippen molar-refractivity contribution in [2.24, 2.45) is 23.7 Å². The number of likely N-dealkylation sites (tertiary alicyclic amines) is 2. The molecule has 4 aliphatic rings. The Morgan fingerprint density at radius 3 is 1.72 bits per heavy atom. The summed E-state index contributed by atoms with van der Waals surface area (Å²) in [5.41, 5.74) is 1.50. The topological polar surface area (TPSA) is 173 Å². The van der Waals surface area contributed by atoms with Gasteiger partial charge in [0.1, 0.15) is 12.1 Å². The van der Waals surface area contributed by atoms with Crippen LogP contribution in [0.1, 0.15) is 93.2 Å². The lowest BCUT2D eigenvalue weighted by Gasteiger charge is -2.46. The van der Waals surface area contributed by atoms with Gasteiger partial charge in [-0.1, -0.05) is 73.7 Å². The predicted octanol–water partition coefficient (Wildman–Crippen LogP) is 8.30. The molecule has 4 N–H and O–H groups in total. The molecule has 6 amide bonds. The summed E-state index contributed by atoms with van der Waals surface area (Å²) in [6.45, 7) is 1.50. The van der Waals surface area contributed by atoms with Gasteiger partial charge in [-0.15, -0.1) is 0 Å². The van der Waals surface area contributed by atoms with Gasteiger partial charge in [-0.25, -0.2) is 29.0 Å². The molecule has 0 aromatic heterocycles. The first-order valence-corrected chi connectivity index (χ1v) is 20.8. The SMILES string of the molecule is CC(c1ccc(C2CCC(C(NC(=O)N3C(=O)C(Cc4ccc(Cl)cc4)C3C(=O)O)C(F)(F)F)CC2)cc1Cl)C1C(=O)N(C(=O)NC(C2CCCCC2)C(F)(F)F)C1C(=O)O. The van der Waals surface area contributed by atoms with E-state index in [2.05, 4.69) is 0 Å². The molecule has 0 bridgehead atoms. The molecule has 4 fully saturated rings. The van der Waals surface area contributed by atoms with Gasteiger partial charge in [0.25, 0.3) is 0 Å². The third-order valence-corrected chi connectivity index (χ3v) is 13.4. The van der Waals surface area contributed by atoms with Crippen LogP contribution in [0.2, 0.25) is 10.0 Å². The van der Waals surface area contributed by atoms with Crippen molar-refractivity contribution in [3.05, 3.63) is 69.2 Å². The van der Waals surface area contributed by atoms with Crippen molar-refractivity contribution in [3.8, 4) is 0 Å². The maximum absolute atomic E-state index is 14.5. The van der Waals surface area contributed by atoms with Crippen molar-refractivity contribution in [1.29, 1.82) is 0 Å². The largest absolute Gasteiger partial charge is 0.480 e. The Bertz CT molecular complexity index is 2020. The van der Waals surface area contributed by atoms with Gasteiger partial charge >= 0.3 is 36.4 Å². The van der Waals surface area contributed by atoms with Gasteiger partial charge in [0.15, 0.2) is 12.1 Å². The fourth-order valence-corrected chi connectivity index (χ4v) is 10.1. The molecule has 2 saturated heterocycles. The van der Waals surface area contributed by atoms with Gasteiger partial charge in [0.2, 0.25) is 11.8 Å². The van der Waals surface area contributed by atoms with Crippen LogP contribution in [0.5, 0.6) is 0 Å². The van der Waals surface area contributed by atoms with E-state index in [1.807, 2.05) is 10.6 Å². The van der Waals surface area contributed by atoms with Crippen molar-refractivity contribution < 1.29 is 65.3 Å². The molecule has 2 heterocycles. The van der Waals surface area contributed by atoms with Crippen molar-refractivity contribution in [3.63, 3.8) is 0 Å². The number of hydrogen-bond donors (Lipinski definition) is 4. The summed E-state index contributed by atoms with van der Waals surface area (Å²) in [6, 6.07) is -0.0889. The molecule has 7 unspecified atom stereocenters. The lowest BCUT2D eigenvalue weighted by Crippen LogP contribution is -2.70. The summed E-state index contributed by atoms with van der Waals surface area (Å²) in [6.07, 6.45) is -7.17. The monoisotopic (exact) mass is 904 g/mol. The second-order valence-corrected chi connectivity index (χ2v) is 17.3. The van der Waals surface area contributed by atoms with Crippen molar-refractivity contribution in [2.75, 3.05) is 0 Å². The first kappa shape index (κ1) is 45.9. The minimum Gasteiger partial charge on any atom is -0.480 e. The molecule has 7 atom stereocenters. The Morgan fingerprint density at radius 2 is 1.23 bits per heavy atom. The van der Waals surface area contributed by atoms with Gasteiger partial charge in [-0.2, -0.15) is 26.3 Å². The zero-order valence-corrected chi connectivity index (χ0v) is 34.2. The molecule has 20 heteroatoms. The van der Waals surface area contributed by atoms with Crippen LogP contribution in [-0.4, -0.2) is 92.3 Å². The number of nitrogens with zero attached hydrogens (tertiary/aromatic N) is 2. The number of aliphatic carboxylic acids is 2. The number of nitrogens with one attached hydrogen (secondary N) is 2.